The molecule has 120 valence electrons. The van der Waals surface area contributed by atoms with Gasteiger partial charge in [-0.25, -0.2) is 0 Å². The zero-order valence-corrected chi connectivity index (χ0v) is 15.9. The second kappa shape index (κ2) is 11.0. The summed E-state index contributed by atoms with van der Waals surface area (Å²) in [6.07, 6.45) is 2.29. The minimum Gasteiger partial charge on any atom is -0.550 e. The first-order chi connectivity index (χ1) is 11.2. The molecule has 0 amide bonds. The molecule has 0 fully saturated rings. The third-order valence-corrected chi connectivity index (χ3v) is 3.52. The maximum Gasteiger partial charge on any atom is 1.00 e. The van der Waals surface area contributed by atoms with Crippen LogP contribution >= 0.6 is 0 Å². The van der Waals surface area contributed by atoms with Crippen molar-refractivity contribution in [2.45, 2.75) is 25.7 Å². The van der Waals surface area contributed by atoms with Crippen molar-refractivity contribution in [3.05, 3.63) is 65.7 Å². The minimum atomic E-state index is -1.01. The Bertz CT molecular complexity index is 671. The standard InChI is InChI=1S/C19H21NO3.Na/c21-17-12-7-6-11-16(17)19(15-9-3-1-4-10-15)20-14-8-2-5-13-18(22)23;/h1,3-4,6-7,9-12,21H,2,5,8,13-14H2,(H,22,23);/q;+1/p-1. The van der Waals surface area contributed by atoms with Gasteiger partial charge in [0.25, 0.3) is 0 Å². The number of aliphatic imine (C=N–C) groups is 1. The second-order valence-corrected chi connectivity index (χ2v) is 5.30. The number of benzene rings is 2. The van der Waals surface area contributed by atoms with E-state index in [1.54, 1.807) is 12.1 Å². The maximum absolute atomic E-state index is 10.4. The Hall–Kier alpha value is -1.62. The van der Waals surface area contributed by atoms with Crippen molar-refractivity contribution < 1.29 is 44.6 Å². The van der Waals surface area contributed by atoms with Crippen molar-refractivity contribution in [3.8, 4) is 5.75 Å². The first-order valence-corrected chi connectivity index (χ1v) is 7.76. The van der Waals surface area contributed by atoms with Gasteiger partial charge >= 0.3 is 29.6 Å². The zero-order valence-electron chi connectivity index (χ0n) is 13.9. The van der Waals surface area contributed by atoms with Crippen LogP contribution in [0.5, 0.6) is 5.75 Å². The van der Waals surface area contributed by atoms with Crippen molar-refractivity contribution in [1.82, 2.24) is 0 Å². The summed E-state index contributed by atoms with van der Waals surface area (Å²) in [6, 6.07) is 16.9. The average molecular weight is 333 g/mol. The van der Waals surface area contributed by atoms with E-state index >= 15 is 0 Å². The molecule has 2 aromatic carbocycles. The van der Waals surface area contributed by atoms with Crippen LogP contribution < -0.4 is 34.7 Å². The van der Waals surface area contributed by atoms with Gasteiger partial charge in [-0.3, -0.25) is 4.99 Å². The molecule has 1 N–H and O–H groups in total. The zero-order chi connectivity index (χ0) is 16.5. The Morgan fingerprint density at radius 2 is 1.62 bits per heavy atom. The number of phenols is 1. The molecular formula is C19H20NNaO3. The number of phenolic OH excluding ortho intramolecular Hbond substituents is 1. The number of nitrogens with zero attached hydrogens (tertiary/aromatic N) is 1. The van der Waals surface area contributed by atoms with E-state index in [1.807, 2.05) is 42.5 Å². The van der Waals surface area contributed by atoms with Crippen LogP contribution in [0.25, 0.3) is 0 Å². The van der Waals surface area contributed by atoms with Gasteiger partial charge in [0.2, 0.25) is 0 Å². The molecule has 0 saturated carbocycles. The maximum atomic E-state index is 10.4. The molecule has 2 aromatic rings. The predicted octanol–water partition coefficient (Wildman–Crippen LogP) is -0.456. The van der Waals surface area contributed by atoms with Gasteiger partial charge in [-0.2, -0.15) is 0 Å². The fourth-order valence-electron chi connectivity index (χ4n) is 2.35. The molecule has 0 aliphatic heterocycles. The van der Waals surface area contributed by atoms with Gasteiger partial charge in [-0.1, -0.05) is 48.9 Å². The topological polar surface area (TPSA) is 72.7 Å². The fraction of sp³-hybridized carbons (Fsp3) is 0.263. The van der Waals surface area contributed by atoms with Crippen molar-refractivity contribution in [2.24, 2.45) is 4.99 Å². The number of para-hydroxylation sites is 1. The molecule has 0 radical (unpaired) electrons. The minimum absolute atomic E-state index is 0. The number of rotatable bonds is 8. The predicted molar refractivity (Wildman–Crippen MR) is 88.5 cm³/mol. The average Bonchev–Trinajstić information content (AvgIpc) is 2.56. The van der Waals surface area contributed by atoms with E-state index in [-0.39, 0.29) is 41.7 Å². The summed E-state index contributed by atoms with van der Waals surface area (Å²) >= 11 is 0. The van der Waals surface area contributed by atoms with Gasteiger partial charge in [0.05, 0.1) is 5.71 Å². The molecule has 0 heterocycles. The first kappa shape index (κ1) is 20.4. The van der Waals surface area contributed by atoms with Crippen LogP contribution in [0.3, 0.4) is 0 Å². The normalized spacial score (nSPS) is 10.9. The molecule has 0 saturated heterocycles. The van der Waals surface area contributed by atoms with Crippen LogP contribution in [-0.2, 0) is 4.79 Å². The SMILES string of the molecule is O=C([O-])CCCCCN=C(c1ccccc1)c1ccccc1O.[Na+]. The molecule has 0 aliphatic carbocycles. The summed E-state index contributed by atoms with van der Waals surface area (Å²) in [7, 11) is 0. The smallest absolute Gasteiger partial charge is 0.550 e. The van der Waals surface area contributed by atoms with E-state index in [1.165, 1.54) is 0 Å². The quantitative estimate of drug-likeness (QED) is 0.404. The summed E-state index contributed by atoms with van der Waals surface area (Å²) < 4.78 is 0. The van der Waals surface area contributed by atoms with Crippen LogP contribution in [0, 0.1) is 0 Å². The Labute approximate surface area is 164 Å². The van der Waals surface area contributed by atoms with Crippen LogP contribution in [0.2, 0.25) is 0 Å². The summed E-state index contributed by atoms with van der Waals surface area (Å²) in [5, 5.41) is 20.5. The van der Waals surface area contributed by atoms with Crippen molar-refractivity contribution >= 4 is 11.7 Å². The summed E-state index contributed by atoms with van der Waals surface area (Å²) in [4.78, 5) is 15.0. The molecule has 0 bridgehead atoms. The number of unbranched alkanes of at least 4 members (excludes halogenated alkanes) is 2. The Kier molecular flexibility index (Phi) is 9.38. The number of carboxylic acid groups (broad SMARTS) is 1. The summed E-state index contributed by atoms with van der Waals surface area (Å²) in [5.41, 5.74) is 2.40. The number of aromatic hydroxyl groups is 1. The van der Waals surface area contributed by atoms with E-state index < -0.39 is 5.97 Å². The third kappa shape index (κ3) is 6.48. The monoisotopic (exact) mass is 333 g/mol. The van der Waals surface area contributed by atoms with E-state index in [0.717, 1.165) is 24.1 Å². The number of carboxylic acids is 1. The number of hydrogen-bond donors (Lipinski definition) is 1. The van der Waals surface area contributed by atoms with E-state index in [0.29, 0.717) is 18.5 Å². The number of aliphatic carboxylic acids is 1. The number of carbonyl (C=O) groups is 1. The second-order valence-electron chi connectivity index (χ2n) is 5.30. The van der Waals surface area contributed by atoms with Gasteiger partial charge in [0, 0.05) is 23.6 Å². The summed E-state index contributed by atoms with van der Waals surface area (Å²) in [6.45, 7) is 0.589. The van der Waals surface area contributed by atoms with Gasteiger partial charge in [-0.05, 0) is 31.4 Å². The van der Waals surface area contributed by atoms with Crippen LogP contribution in [0.4, 0.5) is 0 Å². The van der Waals surface area contributed by atoms with Crippen LogP contribution in [-0.4, -0.2) is 23.3 Å². The molecule has 0 aliphatic rings. The van der Waals surface area contributed by atoms with Crippen LogP contribution in [0.1, 0.15) is 36.8 Å². The van der Waals surface area contributed by atoms with Crippen LogP contribution in [0.15, 0.2) is 59.6 Å². The number of carbonyl (C=O) groups excluding carboxylic acids is 1. The molecule has 0 atom stereocenters. The number of hydrogen-bond acceptors (Lipinski definition) is 4. The van der Waals surface area contributed by atoms with Gasteiger partial charge in [0.15, 0.2) is 0 Å². The Morgan fingerprint density at radius 1 is 0.958 bits per heavy atom. The molecule has 4 nitrogen and oxygen atoms in total. The summed E-state index contributed by atoms with van der Waals surface area (Å²) in [5.74, 6) is -0.806. The fourth-order valence-corrected chi connectivity index (χ4v) is 2.35. The Morgan fingerprint density at radius 3 is 2.29 bits per heavy atom. The molecule has 0 spiro atoms. The molecule has 5 heteroatoms. The third-order valence-electron chi connectivity index (χ3n) is 3.52. The van der Waals surface area contributed by atoms with E-state index in [4.69, 9.17) is 0 Å². The molecule has 0 aromatic heterocycles. The van der Waals surface area contributed by atoms with Gasteiger partial charge < -0.3 is 15.0 Å². The van der Waals surface area contributed by atoms with Gasteiger partial charge in [0.1, 0.15) is 5.75 Å². The van der Waals surface area contributed by atoms with Crippen molar-refractivity contribution in [1.29, 1.82) is 0 Å². The molecule has 0 unspecified atom stereocenters. The van der Waals surface area contributed by atoms with Gasteiger partial charge in [-0.15, -0.1) is 0 Å². The van der Waals surface area contributed by atoms with E-state index in [2.05, 4.69) is 4.99 Å². The molecular weight excluding hydrogens is 313 g/mol. The molecule has 24 heavy (non-hydrogen) atoms. The largest absolute Gasteiger partial charge is 1.00 e. The molecule has 2 rings (SSSR count). The van der Waals surface area contributed by atoms with Crippen molar-refractivity contribution in [2.75, 3.05) is 6.54 Å². The van der Waals surface area contributed by atoms with Crippen molar-refractivity contribution in [3.63, 3.8) is 0 Å². The Balaban J connectivity index is 0.00000288. The van der Waals surface area contributed by atoms with E-state index in [9.17, 15) is 15.0 Å². The first-order valence-electron chi connectivity index (χ1n) is 7.76.